The third kappa shape index (κ3) is 5.47. The van der Waals surface area contributed by atoms with E-state index in [1.54, 1.807) is 0 Å². The lowest BCUT2D eigenvalue weighted by Crippen LogP contribution is -2.07. The maximum atomic E-state index is 13.8. The Morgan fingerprint density at radius 1 is 0.909 bits per heavy atom. The fraction of sp³-hybridized carbons (Fsp3) is 0.611. The molecular weight excluding hydrogens is 289 g/mol. The summed E-state index contributed by atoms with van der Waals surface area (Å²) in [4.78, 5) is 11.5. The normalized spacial score (nSPS) is 11.0. The van der Waals surface area contributed by atoms with E-state index in [2.05, 4.69) is 6.92 Å². The van der Waals surface area contributed by atoms with E-state index in [0.29, 0.717) is 6.42 Å². The molecular formula is C18H25F3O. The van der Waals surface area contributed by atoms with E-state index >= 15 is 0 Å². The van der Waals surface area contributed by atoms with Gasteiger partial charge in [-0.25, -0.2) is 13.2 Å². The van der Waals surface area contributed by atoms with Crippen molar-refractivity contribution in [3.05, 3.63) is 34.6 Å². The van der Waals surface area contributed by atoms with E-state index in [0.717, 1.165) is 25.3 Å². The Morgan fingerprint density at radius 2 is 1.45 bits per heavy atom. The summed E-state index contributed by atoms with van der Waals surface area (Å²) in [5.74, 6) is -4.44. The predicted octanol–water partition coefficient (Wildman–Crippen LogP) is 5.99. The van der Waals surface area contributed by atoms with E-state index < -0.39 is 23.2 Å². The zero-order valence-electron chi connectivity index (χ0n) is 13.5. The van der Waals surface area contributed by atoms with Crippen molar-refractivity contribution in [3.63, 3.8) is 0 Å². The van der Waals surface area contributed by atoms with Gasteiger partial charge >= 0.3 is 0 Å². The second kappa shape index (κ2) is 9.65. The largest absolute Gasteiger partial charge is 0.294 e. The first kappa shape index (κ1) is 18.7. The van der Waals surface area contributed by atoms with Gasteiger partial charge in [-0.15, -0.1) is 0 Å². The number of carbonyl (C=O) groups is 1. The molecule has 0 atom stereocenters. The van der Waals surface area contributed by atoms with Gasteiger partial charge in [0.25, 0.3) is 0 Å². The molecule has 0 aliphatic carbocycles. The molecule has 0 bridgehead atoms. The number of ketones is 1. The maximum absolute atomic E-state index is 13.8. The molecule has 1 aromatic rings. The molecule has 0 saturated carbocycles. The van der Waals surface area contributed by atoms with Crippen molar-refractivity contribution < 1.29 is 18.0 Å². The Balaban J connectivity index is 2.52. The SMILES string of the molecule is CCCCCCCCCCc1c(C(C)=O)cc(F)c(F)c1F. The van der Waals surface area contributed by atoms with Crippen molar-refractivity contribution >= 4 is 5.78 Å². The Kier molecular flexibility index (Phi) is 8.21. The summed E-state index contributed by atoms with van der Waals surface area (Å²) >= 11 is 0. The molecule has 0 fully saturated rings. The molecule has 1 aromatic carbocycles. The second-order valence-corrected chi connectivity index (χ2v) is 5.79. The summed E-state index contributed by atoms with van der Waals surface area (Å²) < 4.78 is 40.4. The predicted molar refractivity (Wildman–Crippen MR) is 82.6 cm³/mol. The molecule has 22 heavy (non-hydrogen) atoms. The van der Waals surface area contributed by atoms with Crippen molar-refractivity contribution in [1.29, 1.82) is 0 Å². The van der Waals surface area contributed by atoms with Crippen molar-refractivity contribution in [2.75, 3.05) is 0 Å². The minimum Gasteiger partial charge on any atom is -0.294 e. The molecule has 0 saturated heterocycles. The second-order valence-electron chi connectivity index (χ2n) is 5.79. The Bertz CT molecular complexity index is 498. The molecule has 0 aromatic heterocycles. The molecule has 4 heteroatoms. The lowest BCUT2D eigenvalue weighted by molar-refractivity contribution is 0.101. The van der Waals surface area contributed by atoms with E-state index in [1.165, 1.54) is 32.6 Å². The van der Waals surface area contributed by atoms with Gasteiger partial charge in [0.05, 0.1) is 0 Å². The van der Waals surface area contributed by atoms with Gasteiger partial charge in [0.1, 0.15) is 0 Å². The van der Waals surface area contributed by atoms with Gasteiger partial charge in [-0.1, -0.05) is 51.9 Å². The maximum Gasteiger partial charge on any atom is 0.194 e. The number of Topliss-reactive ketones (excluding diaryl/α,β-unsaturated/α-hetero) is 1. The third-order valence-corrected chi connectivity index (χ3v) is 3.92. The highest BCUT2D eigenvalue weighted by Crippen LogP contribution is 2.23. The molecule has 0 radical (unpaired) electrons. The van der Waals surface area contributed by atoms with Gasteiger partial charge in [0.15, 0.2) is 23.2 Å². The quantitative estimate of drug-likeness (QED) is 0.294. The van der Waals surface area contributed by atoms with Crippen LogP contribution in [0.25, 0.3) is 0 Å². The van der Waals surface area contributed by atoms with E-state index in [9.17, 15) is 18.0 Å². The van der Waals surface area contributed by atoms with E-state index in [1.807, 2.05) is 0 Å². The van der Waals surface area contributed by atoms with E-state index in [4.69, 9.17) is 0 Å². The lowest BCUT2D eigenvalue weighted by Gasteiger charge is -2.10. The average molecular weight is 314 g/mol. The molecule has 1 nitrogen and oxygen atoms in total. The summed E-state index contributed by atoms with van der Waals surface area (Å²) in [6.45, 7) is 3.41. The van der Waals surface area contributed by atoms with Gasteiger partial charge in [0.2, 0.25) is 0 Å². The number of rotatable bonds is 10. The minimum absolute atomic E-state index is 0.0115. The van der Waals surface area contributed by atoms with Gasteiger partial charge in [-0.2, -0.15) is 0 Å². The highest BCUT2D eigenvalue weighted by Gasteiger charge is 2.20. The lowest BCUT2D eigenvalue weighted by atomic mass is 9.97. The highest BCUT2D eigenvalue weighted by atomic mass is 19.2. The molecule has 0 spiro atoms. The number of halogens is 3. The average Bonchev–Trinajstić information content (AvgIpc) is 2.49. The third-order valence-electron chi connectivity index (χ3n) is 3.92. The number of unbranched alkanes of at least 4 members (excludes halogenated alkanes) is 7. The van der Waals surface area contributed by atoms with E-state index in [-0.39, 0.29) is 17.5 Å². The van der Waals surface area contributed by atoms with Crippen LogP contribution >= 0.6 is 0 Å². The van der Waals surface area contributed by atoms with Crippen molar-refractivity contribution in [2.45, 2.75) is 71.6 Å². The van der Waals surface area contributed by atoms with Crippen LogP contribution in [0.2, 0.25) is 0 Å². The van der Waals surface area contributed by atoms with Gasteiger partial charge in [-0.05, 0) is 25.8 Å². The number of hydrogen-bond donors (Lipinski definition) is 0. The van der Waals surface area contributed by atoms with Crippen LogP contribution in [0.15, 0.2) is 6.07 Å². The first-order chi connectivity index (χ1) is 10.5. The molecule has 0 N–H and O–H groups in total. The highest BCUT2D eigenvalue weighted by molar-refractivity contribution is 5.95. The van der Waals surface area contributed by atoms with Crippen molar-refractivity contribution in [2.24, 2.45) is 0 Å². The summed E-state index contributed by atoms with van der Waals surface area (Å²) in [5, 5.41) is 0. The van der Waals surface area contributed by atoms with Crippen LogP contribution in [0.3, 0.4) is 0 Å². The van der Waals surface area contributed by atoms with Gasteiger partial charge < -0.3 is 0 Å². The number of hydrogen-bond acceptors (Lipinski definition) is 1. The molecule has 0 aliphatic rings. The first-order valence-electron chi connectivity index (χ1n) is 8.16. The van der Waals surface area contributed by atoms with Crippen molar-refractivity contribution in [1.82, 2.24) is 0 Å². The van der Waals surface area contributed by atoms with Crippen LogP contribution in [-0.2, 0) is 6.42 Å². The molecule has 124 valence electrons. The Morgan fingerprint density at radius 3 is 2.00 bits per heavy atom. The van der Waals surface area contributed by atoms with Crippen LogP contribution in [0, 0.1) is 17.5 Å². The number of carbonyl (C=O) groups excluding carboxylic acids is 1. The standard InChI is InChI=1S/C18H25F3O/c1-3-4-5-6-7-8-9-10-11-14-15(13(2)22)12-16(19)18(21)17(14)20/h12H,3-11H2,1-2H3. The smallest absolute Gasteiger partial charge is 0.194 e. The van der Waals surface area contributed by atoms with Crippen LogP contribution in [0.1, 0.15) is 81.1 Å². The van der Waals surface area contributed by atoms with Crippen LogP contribution in [0.4, 0.5) is 13.2 Å². The van der Waals surface area contributed by atoms with Crippen LogP contribution in [-0.4, -0.2) is 5.78 Å². The topological polar surface area (TPSA) is 17.1 Å². The molecule has 0 heterocycles. The molecule has 0 unspecified atom stereocenters. The summed E-state index contributed by atoms with van der Waals surface area (Å²) in [7, 11) is 0. The Labute approximate surface area is 130 Å². The summed E-state index contributed by atoms with van der Waals surface area (Å²) in [6.07, 6.45) is 8.94. The number of benzene rings is 1. The van der Waals surface area contributed by atoms with Crippen molar-refractivity contribution in [3.8, 4) is 0 Å². The summed E-state index contributed by atoms with van der Waals surface area (Å²) in [6, 6.07) is 0.806. The Hall–Kier alpha value is -1.32. The first-order valence-corrected chi connectivity index (χ1v) is 8.16. The fourth-order valence-electron chi connectivity index (χ4n) is 2.63. The van der Waals surface area contributed by atoms with Gasteiger partial charge in [-0.3, -0.25) is 4.79 Å². The zero-order chi connectivity index (χ0) is 16.5. The molecule has 1 rings (SSSR count). The molecule has 0 aliphatic heterocycles. The van der Waals surface area contributed by atoms with Crippen LogP contribution in [0.5, 0.6) is 0 Å². The monoisotopic (exact) mass is 314 g/mol. The molecule has 0 amide bonds. The minimum atomic E-state index is -1.49. The fourth-order valence-corrected chi connectivity index (χ4v) is 2.63. The van der Waals surface area contributed by atoms with Gasteiger partial charge in [0, 0.05) is 11.1 Å². The summed E-state index contributed by atoms with van der Waals surface area (Å²) in [5.41, 5.74) is -0.0308. The zero-order valence-corrected chi connectivity index (χ0v) is 13.5. The van der Waals surface area contributed by atoms with Crippen LogP contribution < -0.4 is 0 Å².